The number of carbonyl (C=O) groups excluding carboxylic acids is 1. The third-order valence-corrected chi connectivity index (χ3v) is 4.25. The van der Waals surface area contributed by atoms with Gasteiger partial charge in [0, 0.05) is 20.1 Å². The van der Waals surface area contributed by atoms with Crippen LogP contribution in [0, 0.1) is 0 Å². The molecule has 8 heteroatoms. The van der Waals surface area contributed by atoms with Gasteiger partial charge >= 0.3 is 0 Å². The summed E-state index contributed by atoms with van der Waals surface area (Å²) in [5.41, 5.74) is 6.24. The molecule has 7 nitrogen and oxygen atoms in total. The van der Waals surface area contributed by atoms with Gasteiger partial charge in [-0.15, -0.1) is 0 Å². The van der Waals surface area contributed by atoms with Gasteiger partial charge in [0.1, 0.15) is 10.6 Å². The molecule has 1 amide bonds. The van der Waals surface area contributed by atoms with Gasteiger partial charge in [0.05, 0.1) is 19.3 Å². The molecule has 2 rings (SSSR count). The lowest BCUT2D eigenvalue weighted by molar-refractivity contribution is 0.0159. The summed E-state index contributed by atoms with van der Waals surface area (Å²) in [6, 6.07) is 0. The van der Waals surface area contributed by atoms with Gasteiger partial charge in [-0.25, -0.2) is 0 Å². The van der Waals surface area contributed by atoms with Crippen LogP contribution < -0.4 is 16.0 Å². The average molecular weight is 300 g/mol. The molecule has 0 bridgehead atoms. The Kier molecular flexibility index (Phi) is 5.16. The monoisotopic (exact) mass is 300 g/mol. The predicted molar refractivity (Wildman–Crippen MR) is 78.2 cm³/mol. The maximum absolute atomic E-state index is 11.9. The summed E-state index contributed by atoms with van der Waals surface area (Å²) in [7, 11) is 1.58. The van der Waals surface area contributed by atoms with E-state index in [1.54, 1.807) is 7.05 Å². The molecule has 1 aromatic heterocycles. The number of aromatic nitrogens is 1. The summed E-state index contributed by atoms with van der Waals surface area (Å²) in [6.45, 7) is 2.01. The number of hydrogen-bond acceptors (Lipinski definition) is 7. The SMILES string of the molecule is CNC(=O)c1c(N)nsc1N1CCC(OCCO)CC1. The molecule has 2 heterocycles. The molecule has 20 heavy (non-hydrogen) atoms. The largest absolute Gasteiger partial charge is 0.394 e. The molecule has 0 radical (unpaired) electrons. The zero-order valence-electron chi connectivity index (χ0n) is 11.5. The molecular formula is C12H20N4O3S. The highest BCUT2D eigenvalue weighted by Gasteiger charge is 2.26. The van der Waals surface area contributed by atoms with Crippen LogP contribution in [0.3, 0.4) is 0 Å². The van der Waals surface area contributed by atoms with E-state index in [4.69, 9.17) is 15.6 Å². The first kappa shape index (κ1) is 15.0. The Morgan fingerprint density at radius 1 is 1.60 bits per heavy atom. The summed E-state index contributed by atoms with van der Waals surface area (Å²) in [5, 5.41) is 12.2. The van der Waals surface area contributed by atoms with Crippen molar-refractivity contribution in [1.82, 2.24) is 9.69 Å². The van der Waals surface area contributed by atoms with Gasteiger partial charge < -0.3 is 25.8 Å². The molecule has 0 spiro atoms. The van der Waals surface area contributed by atoms with Gasteiger partial charge in [0.25, 0.3) is 5.91 Å². The topological polar surface area (TPSA) is 101 Å². The zero-order chi connectivity index (χ0) is 14.5. The van der Waals surface area contributed by atoms with E-state index in [0.717, 1.165) is 30.9 Å². The first-order chi connectivity index (χ1) is 9.67. The average Bonchev–Trinajstić information content (AvgIpc) is 2.86. The molecular weight excluding hydrogens is 280 g/mol. The van der Waals surface area contributed by atoms with Gasteiger partial charge in [-0.05, 0) is 24.4 Å². The first-order valence-electron chi connectivity index (χ1n) is 6.62. The molecule has 1 aromatic rings. The van der Waals surface area contributed by atoms with E-state index in [-0.39, 0.29) is 24.4 Å². The highest BCUT2D eigenvalue weighted by atomic mass is 32.1. The van der Waals surface area contributed by atoms with Gasteiger partial charge in [-0.3, -0.25) is 4.79 Å². The minimum absolute atomic E-state index is 0.0480. The first-order valence-corrected chi connectivity index (χ1v) is 7.39. The van der Waals surface area contributed by atoms with Crippen LogP contribution in [0.2, 0.25) is 0 Å². The molecule has 0 atom stereocenters. The Morgan fingerprint density at radius 2 is 2.30 bits per heavy atom. The minimum Gasteiger partial charge on any atom is -0.394 e. The fourth-order valence-electron chi connectivity index (χ4n) is 2.29. The van der Waals surface area contributed by atoms with Crippen LogP contribution in [0.25, 0.3) is 0 Å². The summed E-state index contributed by atoms with van der Waals surface area (Å²) in [5.74, 6) is 0.0768. The number of nitrogens with two attached hydrogens (primary N) is 1. The second kappa shape index (κ2) is 6.87. The molecule has 112 valence electrons. The molecule has 0 aliphatic carbocycles. The van der Waals surface area contributed by atoms with Gasteiger partial charge in [-0.2, -0.15) is 4.37 Å². The van der Waals surface area contributed by atoms with Gasteiger partial charge in [-0.1, -0.05) is 0 Å². The normalized spacial score (nSPS) is 16.4. The van der Waals surface area contributed by atoms with Crippen molar-refractivity contribution in [3.8, 4) is 0 Å². The van der Waals surface area contributed by atoms with Crippen LogP contribution in [-0.2, 0) is 4.74 Å². The summed E-state index contributed by atoms with van der Waals surface area (Å²) in [4.78, 5) is 14.0. The second-order valence-corrected chi connectivity index (χ2v) is 5.36. The number of aliphatic hydroxyl groups is 1. The van der Waals surface area contributed by atoms with Crippen molar-refractivity contribution in [3.63, 3.8) is 0 Å². The Balaban J connectivity index is 2.02. The summed E-state index contributed by atoms with van der Waals surface area (Å²) < 4.78 is 9.61. The molecule has 4 N–H and O–H groups in total. The molecule has 0 unspecified atom stereocenters. The molecule has 0 aromatic carbocycles. The van der Waals surface area contributed by atoms with Crippen molar-refractivity contribution in [2.45, 2.75) is 18.9 Å². The van der Waals surface area contributed by atoms with Crippen LogP contribution >= 0.6 is 11.5 Å². The maximum atomic E-state index is 11.9. The number of rotatable bonds is 5. The smallest absolute Gasteiger partial charge is 0.257 e. The van der Waals surface area contributed by atoms with E-state index >= 15 is 0 Å². The van der Waals surface area contributed by atoms with E-state index in [1.807, 2.05) is 0 Å². The third-order valence-electron chi connectivity index (χ3n) is 3.33. The zero-order valence-corrected chi connectivity index (χ0v) is 12.3. The quantitative estimate of drug-likeness (QED) is 0.711. The number of ether oxygens (including phenoxy) is 1. The molecule has 1 aliphatic heterocycles. The predicted octanol–water partition coefficient (Wildman–Crippen LogP) is 0.0626. The number of aliphatic hydroxyl groups excluding tert-OH is 1. The number of anilines is 2. The van der Waals surface area contributed by atoms with Crippen LogP contribution in [0.15, 0.2) is 0 Å². The summed E-state index contributed by atoms with van der Waals surface area (Å²) in [6.07, 6.45) is 1.91. The lowest BCUT2D eigenvalue weighted by atomic mass is 10.1. The number of carbonyl (C=O) groups is 1. The number of nitrogens with one attached hydrogen (secondary N) is 1. The van der Waals surface area contributed by atoms with E-state index in [1.165, 1.54) is 11.5 Å². The standard InChI is InChI=1S/C12H20N4O3S/c1-14-11(18)9-10(13)15-20-12(9)16-4-2-8(3-5-16)19-7-6-17/h8,17H,2-7H2,1H3,(H2,13,15)(H,14,18). The van der Waals surface area contributed by atoms with Crippen molar-refractivity contribution in [2.24, 2.45) is 0 Å². The van der Waals surface area contributed by atoms with Crippen LogP contribution in [0.5, 0.6) is 0 Å². The van der Waals surface area contributed by atoms with E-state index in [0.29, 0.717) is 12.2 Å². The van der Waals surface area contributed by atoms with E-state index in [2.05, 4.69) is 14.6 Å². The number of hydrogen-bond donors (Lipinski definition) is 3. The van der Waals surface area contributed by atoms with Crippen molar-refractivity contribution in [3.05, 3.63) is 5.56 Å². The highest BCUT2D eigenvalue weighted by Crippen LogP contribution is 2.32. The molecule has 0 saturated carbocycles. The van der Waals surface area contributed by atoms with Crippen molar-refractivity contribution in [2.75, 3.05) is 44.0 Å². The Labute approximate surface area is 121 Å². The van der Waals surface area contributed by atoms with Crippen LogP contribution in [0.4, 0.5) is 10.8 Å². The van der Waals surface area contributed by atoms with Crippen LogP contribution in [-0.4, -0.2) is 54.8 Å². The maximum Gasteiger partial charge on any atom is 0.257 e. The fourth-order valence-corrected chi connectivity index (χ4v) is 3.16. The van der Waals surface area contributed by atoms with Gasteiger partial charge in [0.15, 0.2) is 5.82 Å². The highest BCUT2D eigenvalue weighted by molar-refractivity contribution is 7.11. The molecule has 1 saturated heterocycles. The number of amides is 1. The number of nitrogens with zero attached hydrogens (tertiary/aromatic N) is 2. The lowest BCUT2D eigenvalue weighted by Crippen LogP contribution is -2.38. The lowest BCUT2D eigenvalue weighted by Gasteiger charge is -2.32. The minimum atomic E-state index is -0.204. The van der Waals surface area contributed by atoms with Crippen molar-refractivity contribution >= 4 is 28.3 Å². The Hall–Kier alpha value is -1.38. The van der Waals surface area contributed by atoms with E-state index < -0.39 is 0 Å². The fraction of sp³-hybridized carbons (Fsp3) is 0.667. The molecule has 1 aliphatic rings. The van der Waals surface area contributed by atoms with Crippen molar-refractivity contribution in [1.29, 1.82) is 0 Å². The molecule has 1 fully saturated rings. The Bertz CT molecular complexity index is 458. The van der Waals surface area contributed by atoms with Crippen molar-refractivity contribution < 1.29 is 14.6 Å². The van der Waals surface area contributed by atoms with Gasteiger partial charge in [0.2, 0.25) is 0 Å². The Morgan fingerprint density at radius 3 is 2.90 bits per heavy atom. The second-order valence-electron chi connectivity index (χ2n) is 4.61. The number of piperidine rings is 1. The van der Waals surface area contributed by atoms with Crippen LogP contribution in [0.1, 0.15) is 23.2 Å². The third kappa shape index (κ3) is 3.20. The van der Waals surface area contributed by atoms with E-state index in [9.17, 15) is 4.79 Å². The number of nitrogen functional groups attached to an aromatic ring is 1. The summed E-state index contributed by atoms with van der Waals surface area (Å²) >= 11 is 1.25.